The summed E-state index contributed by atoms with van der Waals surface area (Å²) in [4.78, 5) is 12.1. The number of amides is 1. The van der Waals surface area contributed by atoms with Crippen LogP contribution in [0.25, 0.3) is 0 Å². The zero-order chi connectivity index (χ0) is 13.1. The first-order valence-electron chi connectivity index (χ1n) is 6.34. The van der Waals surface area contributed by atoms with Crippen molar-refractivity contribution in [2.75, 3.05) is 19.4 Å². The zero-order valence-electron chi connectivity index (χ0n) is 10.9. The van der Waals surface area contributed by atoms with E-state index in [2.05, 4.69) is 12.2 Å². The Balaban J connectivity index is 2.01. The maximum Gasteiger partial charge on any atom is 0.255 e. The highest BCUT2D eigenvalue weighted by Crippen LogP contribution is 2.36. The average molecular weight is 248 g/mol. The van der Waals surface area contributed by atoms with Crippen LogP contribution in [0.5, 0.6) is 5.75 Å². The summed E-state index contributed by atoms with van der Waals surface area (Å²) >= 11 is 0. The number of hydrogen-bond acceptors (Lipinski definition) is 3. The normalized spacial score (nSPS) is 16.1. The quantitative estimate of drug-likeness (QED) is 0.784. The lowest BCUT2D eigenvalue weighted by Crippen LogP contribution is -2.29. The monoisotopic (exact) mass is 248 g/mol. The summed E-state index contributed by atoms with van der Waals surface area (Å²) in [5.41, 5.74) is 6.77. The maximum atomic E-state index is 12.1. The number of hydrogen-bond donors (Lipinski definition) is 2. The molecular weight excluding hydrogens is 228 g/mol. The van der Waals surface area contributed by atoms with E-state index in [0.717, 1.165) is 5.92 Å². The van der Waals surface area contributed by atoms with E-state index in [9.17, 15) is 4.79 Å². The van der Waals surface area contributed by atoms with Gasteiger partial charge in [-0.15, -0.1) is 0 Å². The van der Waals surface area contributed by atoms with Gasteiger partial charge in [-0.05, 0) is 36.8 Å². The van der Waals surface area contributed by atoms with Crippen LogP contribution in [0.2, 0.25) is 0 Å². The molecule has 1 aromatic rings. The predicted molar refractivity (Wildman–Crippen MR) is 71.6 cm³/mol. The maximum absolute atomic E-state index is 12.1. The molecule has 4 heteroatoms. The second kappa shape index (κ2) is 5.29. The molecule has 2 rings (SSSR count). The molecule has 4 nitrogen and oxygen atoms in total. The molecule has 98 valence electrons. The van der Waals surface area contributed by atoms with Gasteiger partial charge >= 0.3 is 0 Å². The van der Waals surface area contributed by atoms with E-state index in [1.165, 1.54) is 20.0 Å². The SMILES string of the molecule is COc1c(N)cccc1C(=O)NCC(C)C1CC1. The highest BCUT2D eigenvalue weighted by Gasteiger charge is 2.28. The molecule has 18 heavy (non-hydrogen) atoms. The van der Waals surface area contributed by atoms with Crippen molar-refractivity contribution in [3.63, 3.8) is 0 Å². The van der Waals surface area contributed by atoms with Gasteiger partial charge in [0, 0.05) is 6.54 Å². The van der Waals surface area contributed by atoms with Crippen molar-refractivity contribution >= 4 is 11.6 Å². The summed E-state index contributed by atoms with van der Waals surface area (Å²) in [5, 5.41) is 2.95. The van der Waals surface area contributed by atoms with Gasteiger partial charge in [-0.1, -0.05) is 13.0 Å². The van der Waals surface area contributed by atoms with Gasteiger partial charge in [0.2, 0.25) is 0 Å². The number of benzene rings is 1. The van der Waals surface area contributed by atoms with Crippen molar-refractivity contribution in [1.82, 2.24) is 5.32 Å². The molecule has 0 heterocycles. The van der Waals surface area contributed by atoms with Crippen molar-refractivity contribution in [2.24, 2.45) is 11.8 Å². The van der Waals surface area contributed by atoms with E-state index >= 15 is 0 Å². The van der Waals surface area contributed by atoms with E-state index in [1.54, 1.807) is 18.2 Å². The summed E-state index contributed by atoms with van der Waals surface area (Å²) in [6, 6.07) is 5.21. The molecule has 3 N–H and O–H groups in total. The first-order valence-corrected chi connectivity index (χ1v) is 6.34. The van der Waals surface area contributed by atoms with Crippen molar-refractivity contribution < 1.29 is 9.53 Å². The van der Waals surface area contributed by atoms with Crippen molar-refractivity contribution in [3.8, 4) is 5.75 Å². The number of nitrogen functional groups attached to an aromatic ring is 1. The van der Waals surface area contributed by atoms with Crippen molar-refractivity contribution in [1.29, 1.82) is 0 Å². The van der Waals surface area contributed by atoms with Crippen LogP contribution >= 0.6 is 0 Å². The number of carbonyl (C=O) groups excluding carboxylic acids is 1. The summed E-state index contributed by atoms with van der Waals surface area (Å²) < 4.78 is 5.18. The summed E-state index contributed by atoms with van der Waals surface area (Å²) in [6.07, 6.45) is 2.58. The second-order valence-electron chi connectivity index (χ2n) is 4.95. The highest BCUT2D eigenvalue weighted by atomic mass is 16.5. The molecule has 1 saturated carbocycles. The van der Waals surface area contributed by atoms with Crippen LogP contribution in [0.15, 0.2) is 18.2 Å². The van der Waals surface area contributed by atoms with Gasteiger partial charge in [-0.25, -0.2) is 0 Å². The van der Waals surface area contributed by atoms with Crippen molar-refractivity contribution in [2.45, 2.75) is 19.8 Å². The standard InChI is InChI=1S/C14H20N2O2/c1-9(10-6-7-10)8-16-14(17)11-4-3-5-12(15)13(11)18-2/h3-5,9-10H,6-8,15H2,1-2H3,(H,16,17). The Kier molecular flexibility index (Phi) is 3.75. The number of nitrogens with two attached hydrogens (primary N) is 1. The average Bonchev–Trinajstić information content (AvgIpc) is 3.19. The van der Waals surface area contributed by atoms with Gasteiger partial charge in [-0.2, -0.15) is 0 Å². The highest BCUT2D eigenvalue weighted by molar-refractivity contribution is 5.98. The number of carbonyl (C=O) groups is 1. The van der Waals surface area contributed by atoms with Crippen LogP contribution < -0.4 is 15.8 Å². The van der Waals surface area contributed by atoms with Crippen LogP contribution in [-0.2, 0) is 0 Å². The van der Waals surface area contributed by atoms with Crippen LogP contribution in [0.1, 0.15) is 30.1 Å². The molecule has 1 atom stereocenters. The molecular formula is C14H20N2O2. The first kappa shape index (κ1) is 12.7. The minimum absolute atomic E-state index is 0.119. The van der Waals surface area contributed by atoms with Gasteiger partial charge < -0.3 is 15.8 Å². The van der Waals surface area contributed by atoms with Crippen LogP contribution in [-0.4, -0.2) is 19.6 Å². The minimum atomic E-state index is -0.119. The lowest BCUT2D eigenvalue weighted by atomic mass is 10.1. The molecule has 1 unspecified atom stereocenters. The second-order valence-corrected chi connectivity index (χ2v) is 4.95. The van der Waals surface area contributed by atoms with Gasteiger partial charge in [0.05, 0.1) is 18.4 Å². The number of nitrogens with one attached hydrogen (secondary N) is 1. The van der Waals surface area contributed by atoms with Crippen LogP contribution in [0, 0.1) is 11.8 Å². The van der Waals surface area contributed by atoms with Gasteiger partial charge in [0.25, 0.3) is 5.91 Å². The Morgan fingerprint density at radius 1 is 1.56 bits per heavy atom. The van der Waals surface area contributed by atoms with Crippen LogP contribution in [0.4, 0.5) is 5.69 Å². The number of rotatable bonds is 5. The molecule has 1 aliphatic rings. The summed E-state index contributed by atoms with van der Waals surface area (Å²) in [5.74, 6) is 1.66. The lowest BCUT2D eigenvalue weighted by molar-refractivity contribution is 0.0943. The Labute approximate surface area is 108 Å². The number of methoxy groups -OCH3 is 1. The minimum Gasteiger partial charge on any atom is -0.494 e. The van der Waals surface area contributed by atoms with E-state index in [1.807, 2.05) is 0 Å². The number of ether oxygens (including phenoxy) is 1. The summed E-state index contributed by atoms with van der Waals surface area (Å²) in [7, 11) is 1.52. The molecule has 0 aromatic heterocycles. The van der Waals surface area contributed by atoms with Gasteiger partial charge in [0.15, 0.2) is 5.75 Å². The Hall–Kier alpha value is -1.71. The van der Waals surface area contributed by atoms with Crippen molar-refractivity contribution in [3.05, 3.63) is 23.8 Å². The predicted octanol–water partition coefficient (Wildman–Crippen LogP) is 2.05. The molecule has 0 saturated heterocycles. The third-order valence-corrected chi connectivity index (χ3v) is 3.51. The lowest BCUT2D eigenvalue weighted by Gasteiger charge is -2.14. The third-order valence-electron chi connectivity index (χ3n) is 3.51. The Morgan fingerprint density at radius 3 is 2.89 bits per heavy atom. The molecule has 0 aliphatic heterocycles. The first-order chi connectivity index (χ1) is 8.63. The van der Waals surface area contributed by atoms with E-state index < -0.39 is 0 Å². The van der Waals surface area contributed by atoms with Crippen LogP contribution in [0.3, 0.4) is 0 Å². The Morgan fingerprint density at radius 2 is 2.28 bits per heavy atom. The molecule has 0 radical (unpaired) electrons. The molecule has 1 aromatic carbocycles. The summed E-state index contributed by atoms with van der Waals surface area (Å²) in [6.45, 7) is 2.88. The number of anilines is 1. The van der Waals surface area contributed by atoms with Gasteiger partial charge in [0.1, 0.15) is 0 Å². The molecule has 0 spiro atoms. The number of para-hydroxylation sites is 1. The van der Waals surface area contributed by atoms with Gasteiger partial charge in [-0.3, -0.25) is 4.79 Å². The fourth-order valence-corrected chi connectivity index (χ4v) is 2.14. The molecule has 1 fully saturated rings. The van der Waals surface area contributed by atoms with E-state index in [0.29, 0.717) is 29.5 Å². The molecule has 1 aliphatic carbocycles. The molecule has 0 bridgehead atoms. The topological polar surface area (TPSA) is 64.3 Å². The molecule has 1 amide bonds. The zero-order valence-corrected chi connectivity index (χ0v) is 10.9. The fourth-order valence-electron chi connectivity index (χ4n) is 2.14. The fraction of sp³-hybridized carbons (Fsp3) is 0.500. The van der Waals surface area contributed by atoms with E-state index in [4.69, 9.17) is 10.5 Å². The third kappa shape index (κ3) is 2.75. The Bertz CT molecular complexity index is 441. The smallest absolute Gasteiger partial charge is 0.255 e. The largest absolute Gasteiger partial charge is 0.494 e. The van der Waals surface area contributed by atoms with E-state index in [-0.39, 0.29) is 5.91 Å².